The quantitative estimate of drug-likeness (QED) is 0.0107. The van der Waals surface area contributed by atoms with Crippen molar-refractivity contribution in [2.45, 2.75) is 24.5 Å². The molecule has 69 heavy (non-hydrogen) atoms. The van der Waals surface area contributed by atoms with Crippen LogP contribution in [0.15, 0.2) is 112 Å². The van der Waals surface area contributed by atoms with Crippen LogP contribution in [-0.2, 0) is 84.3 Å². The van der Waals surface area contributed by atoms with Gasteiger partial charge in [-0.25, -0.2) is 46.3 Å². The van der Waals surface area contributed by atoms with Crippen molar-refractivity contribution in [3.63, 3.8) is 0 Å². The number of phenols is 1. The summed E-state index contributed by atoms with van der Waals surface area (Å²) in [5.41, 5.74) is 3.02. The maximum atomic E-state index is 12.8. The molecule has 0 radical (unpaired) electrons. The van der Waals surface area contributed by atoms with E-state index in [1.807, 2.05) is 0 Å². The number of rotatable bonds is 20. The number of nitrogen functional groups attached to an aromatic ring is 1. The summed E-state index contributed by atoms with van der Waals surface area (Å²) in [5, 5.41) is 52.3. The fraction of sp³-hybridized carbons (Fsp3) is 0.133. The second-order valence-electron chi connectivity index (χ2n) is 12.1. The number of hydrogen-bond acceptors (Lipinski definition) is 28. The zero-order valence-corrected chi connectivity index (χ0v) is 51.6. The predicted molar refractivity (Wildman–Crippen MR) is 208 cm³/mol. The van der Waals surface area contributed by atoms with Gasteiger partial charge in [-0.2, -0.15) is 9.45 Å². The molecule has 346 valence electrons. The number of nitrogens with zero attached hydrogens (tertiary/aromatic N) is 4. The zero-order valence-electron chi connectivity index (χ0n) is 35.9. The second-order valence-corrected chi connectivity index (χ2v) is 22.0. The molecule has 0 saturated heterocycles. The first-order valence-corrected chi connectivity index (χ1v) is 25.8. The van der Waals surface area contributed by atoms with Crippen molar-refractivity contribution in [3.8, 4) is 5.75 Å². The first-order valence-electron chi connectivity index (χ1n) is 16.4. The van der Waals surface area contributed by atoms with Crippen LogP contribution >= 0.6 is 12.0 Å². The number of aromatic hydroxyl groups is 1. The molecular formula is C30H22N5Na5O22S7. The molecule has 1 atom stereocenters. The van der Waals surface area contributed by atoms with Gasteiger partial charge >= 0.3 is 148 Å². The van der Waals surface area contributed by atoms with Gasteiger partial charge in [0, 0.05) is 5.39 Å². The average molecular weight is 1140 g/mol. The van der Waals surface area contributed by atoms with E-state index in [-0.39, 0.29) is 182 Å². The van der Waals surface area contributed by atoms with Crippen LogP contribution in [0.25, 0.3) is 21.5 Å². The smallest absolute Gasteiger partial charge is 0.744 e. The molecule has 27 nitrogen and oxygen atoms in total. The molecule has 0 amide bonds. The van der Waals surface area contributed by atoms with E-state index in [0.29, 0.717) is 6.07 Å². The SMILES string of the molecule is Nc1c(N=Nc2ccc(S(=O)(=O)CCOS(=O)(=O)[O-])cc2)c(S(=O)(=O)[O-])cc2cc(SOO[O-])c(N=Nc3ccc4cc(S(=O)(=O)CCS(=O)OO[O-])ccc4c3S(=O)(=O)[O-])c(O)c12.[Na+].[Na+].[Na+].[Na+].[Na+]. The molecule has 1 unspecified atom stereocenters. The Morgan fingerprint density at radius 2 is 1.26 bits per heavy atom. The van der Waals surface area contributed by atoms with Crippen LogP contribution in [0.1, 0.15) is 0 Å². The largest absolute Gasteiger partial charge is 1.00 e. The molecule has 0 aliphatic rings. The van der Waals surface area contributed by atoms with Gasteiger partial charge in [0.1, 0.15) is 37.3 Å². The number of anilines is 1. The number of azo groups is 2. The summed E-state index contributed by atoms with van der Waals surface area (Å²) < 4.78 is 181. The minimum absolute atomic E-state index is 0. The molecular weight excluding hydrogens is 1120 g/mol. The predicted octanol–water partition coefficient (Wildman–Crippen LogP) is -13.9. The van der Waals surface area contributed by atoms with Crippen LogP contribution in [0.4, 0.5) is 28.4 Å². The van der Waals surface area contributed by atoms with Gasteiger partial charge < -0.3 is 35.0 Å². The number of hydrogen-bond donors (Lipinski definition) is 2. The summed E-state index contributed by atoms with van der Waals surface area (Å²) in [6, 6.07) is 10.5. The minimum Gasteiger partial charge on any atom is -0.744 e. The van der Waals surface area contributed by atoms with Crippen molar-refractivity contribution < 1.29 is 246 Å². The van der Waals surface area contributed by atoms with Gasteiger partial charge in [-0.3, -0.25) is 14.3 Å². The molecule has 0 aromatic heterocycles. The fourth-order valence-corrected chi connectivity index (χ4v) is 11.3. The van der Waals surface area contributed by atoms with Gasteiger partial charge in [0.2, 0.25) is 10.4 Å². The van der Waals surface area contributed by atoms with Gasteiger partial charge in [0.25, 0.3) is 0 Å². The molecule has 5 aromatic carbocycles. The summed E-state index contributed by atoms with van der Waals surface area (Å²) in [7, 11) is -24.6. The normalized spacial score (nSPS) is 12.7. The summed E-state index contributed by atoms with van der Waals surface area (Å²) >= 11 is -2.40. The monoisotopic (exact) mass is 1140 g/mol. The Balaban J connectivity index is 0.00000925. The van der Waals surface area contributed by atoms with Crippen molar-refractivity contribution in [1.29, 1.82) is 0 Å². The Bertz CT molecular complexity index is 3320. The summed E-state index contributed by atoms with van der Waals surface area (Å²) in [6.07, 6.45) is 0. The third kappa shape index (κ3) is 18.5. The molecule has 0 aliphatic carbocycles. The van der Waals surface area contributed by atoms with E-state index in [4.69, 9.17) is 5.73 Å². The molecule has 0 heterocycles. The van der Waals surface area contributed by atoms with Crippen LogP contribution in [0.2, 0.25) is 0 Å². The molecule has 3 N–H and O–H groups in total. The molecule has 0 fully saturated rings. The van der Waals surface area contributed by atoms with Crippen LogP contribution in [0.5, 0.6) is 5.75 Å². The first kappa shape index (κ1) is 69.3. The maximum Gasteiger partial charge on any atom is 1.00 e. The number of phenolic OH excluding ortho intramolecular Hbond substituents is 1. The average Bonchev–Trinajstić information content (AvgIpc) is 3.19. The van der Waals surface area contributed by atoms with Crippen molar-refractivity contribution in [3.05, 3.63) is 66.7 Å². The topological polar surface area (TPSA) is 445 Å². The Hall–Kier alpha value is 0.270. The number of benzene rings is 5. The van der Waals surface area contributed by atoms with Crippen molar-refractivity contribution in [1.82, 2.24) is 0 Å². The van der Waals surface area contributed by atoms with E-state index in [2.05, 4.69) is 43.4 Å². The molecule has 5 rings (SSSR count). The summed E-state index contributed by atoms with van der Waals surface area (Å²) in [6.45, 7) is -0.989. The van der Waals surface area contributed by atoms with Gasteiger partial charge in [-0.15, -0.1) is 19.7 Å². The van der Waals surface area contributed by atoms with E-state index >= 15 is 0 Å². The molecule has 0 spiro atoms. The fourth-order valence-electron chi connectivity index (χ4n) is 5.47. The zero-order chi connectivity index (χ0) is 47.4. The third-order valence-corrected chi connectivity index (χ3v) is 15.4. The van der Waals surface area contributed by atoms with Crippen LogP contribution in [0.3, 0.4) is 0 Å². The molecule has 0 saturated carbocycles. The first-order chi connectivity index (χ1) is 29.8. The van der Waals surface area contributed by atoms with Gasteiger partial charge in [-0.1, -0.05) is 12.1 Å². The van der Waals surface area contributed by atoms with Crippen LogP contribution in [0, 0.1) is 0 Å². The maximum absolute atomic E-state index is 12.8. The van der Waals surface area contributed by atoms with Gasteiger partial charge in [0.05, 0.1) is 77.1 Å². The minimum atomic E-state index is -5.49. The number of sulfone groups is 2. The Morgan fingerprint density at radius 1 is 0.667 bits per heavy atom. The summed E-state index contributed by atoms with van der Waals surface area (Å²) in [4.78, 5) is -3.41. The van der Waals surface area contributed by atoms with Crippen molar-refractivity contribution in [2.24, 2.45) is 20.5 Å². The molecule has 0 aliphatic heterocycles. The second kappa shape index (κ2) is 29.0. The Morgan fingerprint density at radius 3 is 1.83 bits per heavy atom. The number of nitrogens with two attached hydrogens (primary N) is 1. The number of fused-ring (bicyclic) bond motifs is 2. The summed E-state index contributed by atoms with van der Waals surface area (Å²) in [5.74, 6) is -3.45. The van der Waals surface area contributed by atoms with E-state index in [1.54, 1.807) is 0 Å². The molecule has 0 bridgehead atoms. The standard InChI is InChI=1S/C30H27N5O22S7.5Na/c31-26-25-17(15-24(62(44,45)46)28(26)35-32-18-2-4-19(5-3-18)60(40,41)11-9-53-64(50,51)52)14-23(58-56-54-37)27(29(25)36)34-33-22-8-1-16-13-20(6-7-21(16)30(22)63(47,48)49)61(42,43)12-10-59(39)57-55-38;;;;;/h1-8,13-15,36-38H,9-12,31H2,(H,44,45,46)(H,47,48,49)(H,50,51,52);;;;;/q;5*+1/p-5. The van der Waals surface area contributed by atoms with E-state index in [9.17, 15) is 75.6 Å². The van der Waals surface area contributed by atoms with Crippen LogP contribution < -0.4 is 164 Å². The van der Waals surface area contributed by atoms with Gasteiger partial charge in [-0.05, 0) is 65.4 Å². The van der Waals surface area contributed by atoms with Crippen molar-refractivity contribution >= 4 is 123 Å². The molecule has 5 aromatic rings. The Kier molecular flexibility index (Phi) is 29.1. The van der Waals surface area contributed by atoms with E-state index in [1.165, 1.54) is 0 Å². The Labute approximate surface area is 509 Å². The van der Waals surface area contributed by atoms with Crippen LogP contribution in [-0.4, -0.2) is 88.9 Å². The van der Waals surface area contributed by atoms with Gasteiger partial charge in [0.15, 0.2) is 36.5 Å². The third-order valence-electron chi connectivity index (χ3n) is 8.19. The van der Waals surface area contributed by atoms with E-state index < -0.39 is 144 Å². The van der Waals surface area contributed by atoms with E-state index in [0.717, 1.165) is 60.7 Å². The van der Waals surface area contributed by atoms with Crippen molar-refractivity contribution in [2.75, 3.05) is 29.6 Å². The molecule has 39 heteroatoms.